The average molecular weight is 431 g/mol. The second-order valence-electron chi connectivity index (χ2n) is 6.45. The molecule has 160 valence electrons. The van der Waals surface area contributed by atoms with Crippen molar-refractivity contribution in [3.63, 3.8) is 0 Å². The van der Waals surface area contributed by atoms with Crippen LogP contribution >= 0.6 is 12.4 Å². The van der Waals surface area contributed by atoms with Gasteiger partial charge < -0.3 is 19.9 Å². The van der Waals surface area contributed by atoms with Crippen LogP contribution in [0, 0.1) is 0 Å². The summed E-state index contributed by atoms with van der Waals surface area (Å²) in [5, 5.41) is 10.2. The van der Waals surface area contributed by atoms with Crippen molar-refractivity contribution in [1.29, 1.82) is 0 Å². The number of para-hydroxylation sites is 1. The van der Waals surface area contributed by atoms with Gasteiger partial charge in [-0.05, 0) is 49.4 Å². The monoisotopic (exact) mass is 430 g/mol. The van der Waals surface area contributed by atoms with Gasteiger partial charge in [-0.3, -0.25) is 4.79 Å². The van der Waals surface area contributed by atoms with Crippen LogP contribution in [0.1, 0.15) is 31.7 Å². The quantitative estimate of drug-likeness (QED) is 0.500. The van der Waals surface area contributed by atoms with Gasteiger partial charge in [0.05, 0.1) is 6.61 Å². The van der Waals surface area contributed by atoms with Crippen LogP contribution in [0.3, 0.4) is 0 Å². The molecule has 1 heterocycles. The van der Waals surface area contributed by atoms with Gasteiger partial charge in [0.15, 0.2) is 0 Å². The fourth-order valence-electron chi connectivity index (χ4n) is 2.83. The molecule has 0 aliphatic carbocycles. The molecule has 0 aliphatic heterocycles. The highest BCUT2D eigenvalue weighted by Gasteiger charge is 2.12. The van der Waals surface area contributed by atoms with E-state index in [1.54, 1.807) is 0 Å². The van der Waals surface area contributed by atoms with E-state index in [0.717, 1.165) is 29.1 Å². The third-order valence-electron chi connectivity index (χ3n) is 4.31. The zero-order valence-corrected chi connectivity index (χ0v) is 18.0. The van der Waals surface area contributed by atoms with Gasteiger partial charge in [0.25, 0.3) is 0 Å². The van der Waals surface area contributed by atoms with Crippen LogP contribution in [-0.2, 0) is 17.8 Å². The number of nitrogens with zero attached hydrogens (tertiary/aromatic N) is 2. The summed E-state index contributed by atoms with van der Waals surface area (Å²) in [6.45, 7) is 6.19. The molecular formula is C22H27ClN4O3. The molecule has 0 atom stereocenters. The van der Waals surface area contributed by atoms with E-state index >= 15 is 0 Å². The summed E-state index contributed by atoms with van der Waals surface area (Å²) >= 11 is 0. The van der Waals surface area contributed by atoms with Crippen molar-refractivity contribution in [2.75, 3.05) is 18.5 Å². The molecule has 1 amide bonds. The molecule has 3 aromatic rings. The molecule has 0 saturated carbocycles. The summed E-state index contributed by atoms with van der Waals surface area (Å²) in [4.78, 5) is 16.7. The number of carbonyl (C=O) groups is 1. The summed E-state index contributed by atoms with van der Waals surface area (Å²) in [7, 11) is 0. The summed E-state index contributed by atoms with van der Waals surface area (Å²) in [5.74, 6) is 1.64. The first-order valence-electron chi connectivity index (χ1n) is 9.84. The van der Waals surface area contributed by atoms with Crippen molar-refractivity contribution in [2.45, 2.75) is 33.2 Å². The van der Waals surface area contributed by atoms with Crippen LogP contribution in [0.2, 0.25) is 0 Å². The predicted octanol–water partition coefficient (Wildman–Crippen LogP) is 4.24. The topological polar surface area (TPSA) is 89.3 Å². The highest BCUT2D eigenvalue weighted by Crippen LogP contribution is 2.20. The highest BCUT2D eigenvalue weighted by atomic mass is 35.5. The Morgan fingerprint density at radius 3 is 2.60 bits per heavy atom. The molecule has 0 saturated heterocycles. The molecule has 0 fully saturated rings. The minimum atomic E-state index is -0.0882. The standard InChI is InChI=1S/C22H26N4O3.ClH/c1-3-23-15-17-7-5-6-8-19(17)24-20(27)13-14-21-25-22(26-29-21)16-9-11-18(12-10-16)28-4-2;/h5-12,23H,3-4,13-15H2,1-2H3,(H,24,27);1H. The number of aromatic nitrogens is 2. The fraction of sp³-hybridized carbons (Fsp3) is 0.318. The van der Waals surface area contributed by atoms with Crippen LogP contribution in [0.15, 0.2) is 53.1 Å². The molecule has 3 rings (SSSR count). The summed E-state index contributed by atoms with van der Waals surface area (Å²) < 4.78 is 10.7. The Labute approximate surface area is 182 Å². The molecule has 7 nitrogen and oxygen atoms in total. The number of halogens is 1. The van der Waals surface area contributed by atoms with E-state index in [1.165, 1.54) is 0 Å². The number of hydrogen-bond acceptors (Lipinski definition) is 6. The Morgan fingerprint density at radius 2 is 1.87 bits per heavy atom. The van der Waals surface area contributed by atoms with E-state index in [-0.39, 0.29) is 24.7 Å². The second-order valence-corrected chi connectivity index (χ2v) is 6.45. The highest BCUT2D eigenvalue weighted by molar-refractivity contribution is 5.91. The molecule has 0 spiro atoms. The normalized spacial score (nSPS) is 10.3. The van der Waals surface area contributed by atoms with Gasteiger partial charge in [0.1, 0.15) is 5.75 Å². The molecule has 0 radical (unpaired) electrons. The van der Waals surface area contributed by atoms with Gasteiger partial charge in [0.2, 0.25) is 17.6 Å². The summed E-state index contributed by atoms with van der Waals surface area (Å²) in [6.07, 6.45) is 0.645. The van der Waals surface area contributed by atoms with Gasteiger partial charge in [-0.25, -0.2) is 0 Å². The number of carbonyl (C=O) groups excluding carboxylic acids is 1. The van der Waals surface area contributed by atoms with E-state index in [0.29, 0.717) is 31.3 Å². The zero-order valence-electron chi connectivity index (χ0n) is 17.2. The first-order valence-corrected chi connectivity index (χ1v) is 9.84. The smallest absolute Gasteiger partial charge is 0.227 e. The third-order valence-corrected chi connectivity index (χ3v) is 4.31. The van der Waals surface area contributed by atoms with Gasteiger partial charge in [0, 0.05) is 30.6 Å². The van der Waals surface area contributed by atoms with Gasteiger partial charge in [-0.2, -0.15) is 4.98 Å². The zero-order chi connectivity index (χ0) is 20.5. The first-order chi connectivity index (χ1) is 14.2. The van der Waals surface area contributed by atoms with Crippen LogP contribution < -0.4 is 15.4 Å². The lowest BCUT2D eigenvalue weighted by atomic mass is 10.1. The molecule has 0 unspecified atom stereocenters. The molecule has 2 N–H and O–H groups in total. The Bertz CT molecular complexity index is 928. The number of nitrogens with one attached hydrogen (secondary N) is 2. The van der Waals surface area contributed by atoms with Crippen LogP contribution in [0.25, 0.3) is 11.4 Å². The van der Waals surface area contributed by atoms with E-state index < -0.39 is 0 Å². The SMILES string of the molecule is CCNCc1ccccc1NC(=O)CCc1nc(-c2ccc(OCC)cc2)no1.Cl. The number of aryl methyl sites for hydroxylation is 1. The van der Waals surface area contributed by atoms with E-state index in [2.05, 4.69) is 20.8 Å². The molecule has 0 bridgehead atoms. The summed E-state index contributed by atoms with van der Waals surface area (Å²) in [5.41, 5.74) is 2.71. The maximum Gasteiger partial charge on any atom is 0.227 e. The Morgan fingerprint density at radius 1 is 1.10 bits per heavy atom. The largest absolute Gasteiger partial charge is 0.494 e. The number of ether oxygens (including phenoxy) is 1. The minimum Gasteiger partial charge on any atom is -0.494 e. The molecule has 30 heavy (non-hydrogen) atoms. The summed E-state index contributed by atoms with van der Waals surface area (Å²) in [6, 6.07) is 15.3. The number of anilines is 1. The maximum atomic E-state index is 12.4. The van der Waals surface area contributed by atoms with Crippen molar-refractivity contribution in [1.82, 2.24) is 15.5 Å². The molecule has 0 aliphatic rings. The Kier molecular flexibility index (Phi) is 9.31. The maximum absolute atomic E-state index is 12.4. The molecule has 2 aromatic carbocycles. The molecule has 8 heteroatoms. The van der Waals surface area contributed by atoms with E-state index in [1.807, 2.05) is 62.4 Å². The number of amides is 1. The predicted molar refractivity (Wildman–Crippen MR) is 119 cm³/mol. The van der Waals surface area contributed by atoms with Crippen LogP contribution in [0.5, 0.6) is 5.75 Å². The number of rotatable bonds is 10. The van der Waals surface area contributed by atoms with Crippen molar-refractivity contribution >= 4 is 24.0 Å². The van der Waals surface area contributed by atoms with Crippen LogP contribution in [0.4, 0.5) is 5.69 Å². The number of hydrogen-bond donors (Lipinski definition) is 2. The average Bonchev–Trinajstić information content (AvgIpc) is 3.21. The lowest BCUT2D eigenvalue weighted by Crippen LogP contribution is -2.17. The Balaban J connectivity index is 0.00000320. The van der Waals surface area contributed by atoms with E-state index in [4.69, 9.17) is 9.26 Å². The minimum absolute atomic E-state index is 0. The fourth-order valence-corrected chi connectivity index (χ4v) is 2.83. The van der Waals surface area contributed by atoms with Gasteiger partial charge in [-0.1, -0.05) is 30.3 Å². The van der Waals surface area contributed by atoms with Crippen molar-refractivity contribution in [3.8, 4) is 17.1 Å². The lowest BCUT2D eigenvalue weighted by Gasteiger charge is -2.11. The lowest BCUT2D eigenvalue weighted by molar-refractivity contribution is -0.116. The second kappa shape index (κ2) is 11.9. The third kappa shape index (κ3) is 6.57. The van der Waals surface area contributed by atoms with Gasteiger partial charge in [-0.15, -0.1) is 12.4 Å². The van der Waals surface area contributed by atoms with Crippen LogP contribution in [-0.4, -0.2) is 29.2 Å². The van der Waals surface area contributed by atoms with Crippen molar-refractivity contribution in [3.05, 3.63) is 60.0 Å². The molecular weight excluding hydrogens is 404 g/mol. The van der Waals surface area contributed by atoms with E-state index in [9.17, 15) is 4.79 Å². The van der Waals surface area contributed by atoms with Gasteiger partial charge >= 0.3 is 0 Å². The first kappa shape index (κ1) is 23.4. The van der Waals surface area contributed by atoms with Crippen molar-refractivity contribution < 1.29 is 14.1 Å². The Hall–Kier alpha value is -2.90. The molecule has 1 aromatic heterocycles. The van der Waals surface area contributed by atoms with Crippen molar-refractivity contribution in [2.24, 2.45) is 0 Å². The number of benzene rings is 2.